The van der Waals surface area contributed by atoms with Gasteiger partial charge in [-0.3, -0.25) is 37.3 Å². The van der Waals surface area contributed by atoms with Crippen LogP contribution in [0.25, 0.3) is 0 Å². The van der Waals surface area contributed by atoms with E-state index in [0.717, 1.165) is 154 Å². The average molecular weight is 1410 g/mol. The molecule has 17 nitrogen and oxygen atoms in total. The van der Waals surface area contributed by atoms with Gasteiger partial charge in [-0.2, -0.15) is 0 Å². The Morgan fingerprint density at radius 1 is 0.306 bits per heavy atom. The minimum Gasteiger partial charge on any atom is -0.462 e. The average Bonchev–Trinajstić information content (AvgIpc) is 1.00. The van der Waals surface area contributed by atoms with Gasteiger partial charge < -0.3 is 33.8 Å². The molecule has 0 fully saturated rings. The van der Waals surface area contributed by atoms with Crippen LogP contribution in [0.2, 0.25) is 0 Å². The smallest absolute Gasteiger partial charge is 0.462 e. The van der Waals surface area contributed by atoms with Crippen LogP contribution in [0, 0.1) is 0 Å². The molecule has 0 aliphatic rings. The Kier molecular flexibility index (Phi) is 66.7. The van der Waals surface area contributed by atoms with Gasteiger partial charge in [0.25, 0.3) is 0 Å². The summed E-state index contributed by atoms with van der Waals surface area (Å²) in [7, 11) is -9.99. The molecule has 0 amide bonds. The van der Waals surface area contributed by atoms with Gasteiger partial charge in [-0.15, -0.1) is 0 Å². The third-order valence-electron chi connectivity index (χ3n) is 14.8. The first-order valence-corrected chi connectivity index (χ1v) is 40.1. The summed E-state index contributed by atoms with van der Waals surface area (Å²) in [5.74, 6) is -2.39. The fraction of sp³-hybridized carbons (Fsp3) is 0.646. The highest BCUT2D eigenvalue weighted by atomic mass is 31.2. The van der Waals surface area contributed by atoms with E-state index < -0.39 is 97.5 Å². The first kappa shape index (κ1) is 92.9. The molecule has 0 radical (unpaired) electrons. The molecule has 0 aliphatic heterocycles. The highest BCUT2D eigenvalue weighted by Gasteiger charge is 2.30. The molecule has 558 valence electrons. The summed E-state index contributed by atoms with van der Waals surface area (Å²) >= 11 is 0. The van der Waals surface area contributed by atoms with E-state index in [1.54, 1.807) is 6.08 Å². The third kappa shape index (κ3) is 69.4. The second kappa shape index (κ2) is 70.4. The molecule has 0 bridgehead atoms. The molecule has 0 saturated carbocycles. The van der Waals surface area contributed by atoms with E-state index in [2.05, 4.69) is 149 Å². The van der Waals surface area contributed by atoms with Crippen LogP contribution in [-0.4, -0.2) is 96.7 Å². The fourth-order valence-electron chi connectivity index (χ4n) is 9.18. The van der Waals surface area contributed by atoms with Crippen LogP contribution in [-0.2, 0) is 65.4 Å². The molecule has 19 heteroatoms. The van der Waals surface area contributed by atoms with E-state index >= 15 is 0 Å². The van der Waals surface area contributed by atoms with Crippen molar-refractivity contribution in [1.29, 1.82) is 0 Å². The van der Waals surface area contributed by atoms with Gasteiger partial charge in [0.2, 0.25) is 0 Å². The zero-order chi connectivity index (χ0) is 71.8. The number of carbonyl (C=O) groups is 4. The van der Waals surface area contributed by atoms with Gasteiger partial charge in [-0.25, -0.2) is 9.13 Å². The van der Waals surface area contributed by atoms with Gasteiger partial charge in [0, 0.05) is 19.3 Å². The molecule has 0 saturated heterocycles. The number of phosphoric ester groups is 2. The lowest BCUT2D eigenvalue weighted by molar-refractivity contribution is -0.161. The molecule has 0 aromatic heterocycles. The highest BCUT2D eigenvalue weighted by molar-refractivity contribution is 7.47. The Balaban J connectivity index is 5.42. The van der Waals surface area contributed by atoms with Gasteiger partial charge >= 0.3 is 39.5 Å². The standard InChI is InChI=1S/C79H130O17P2/c1-5-9-13-17-21-25-29-32-34-35-36-37-39-42-45-48-52-56-60-64-77(82)89-69-74(95-78(83)65-61-57-53-49-43-28-24-20-16-12-8-4)71-93-97(85,86)91-67-73(80)68-92-98(87,88)94-72-75(96-79(84)66-62-58-54-50-46-40-31-27-23-19-15-11-7-3)70-90-76(81)63-59-55-51-47-44-41-38-33-30-26-22-18-14-10-6-2/h9-10,13-14,20-22,24-27,31-34,36-38,42,44-45,47,55,59,73-75,80H,5-8,11-12,15-19,23,28-30,35,39-41,43,46,48-54,56-58,60-72H2,1-4H3,(H,85,86)(H,87,88)/b13-9-,14-10-,24-20-,25-21-,26-22-,31-27-,34-32-,37-36-,38-33-,45-42-,47-44-,59-55-. The summed E-state index contributed by atoms with van der Waals surface area (Å²) in [6.45, 7) is 4.39. The molecule has 5 atom stereocenters. The van der Waals surface area contributed by atoms with Gasteiger partial charge in [-0.05, 0) is 141 Å². The van der Waals surface area contributed by atoms with E-state index in [9.17, 15) is 43.2 Å². The normalized spacial score (nSPS) is 14.8. The first-order chi connectivity index (χ1) is 47.7. The number of allylic oxidation sites excluding steroid dienone is 23. The van der Waals surface area contributed by atoms with Crippen molar-refractivity contribution in [3.05, 3.63) is 146 Å². The number of esters is 4. The number of aliphatic hydroxyl groups excluding tert-OH is 1. The largest absolute Gasteiger partial charge is 0.472 e. The first-order valence-electron chi connectivity index (χ1n) is 37.1. The number of aliphatic hydroxyl groups is 1. The van der Waals surface area contributed by atoms with Crippen LogP contribution in [0.1, 0.15) is 272 Å². The maximum Gasteiger partial charge on any atom is 0.472 e. The lowest BCUT2D eigenvalue weighted by Crippen LogP contribution is -2.30. The van der Waals surface area contributed by atoms with E-state index in [4.69, 9.17) is 37.0 Å². The van der Waals surface area contributed by atoms with E-state index in [0.29, 0.717) is 25.7 Å². The monoisotopic (exact) mass is 1410 g/mol. The van der Waals surface area contributed by atoms with E-state index in [1.165, 1.54) is 38.5 Å². The van der Waals surface area contributed by atoms with Crippen molar-refractivity contribution in [2.75, 3.05) is 39.6 Å². The van der Waals surface area contributed by atoms with Gasteiger partial charge in [0.1, 0.15) is 19.3 Å². The van der Waals surface area contributed by atoms with Gasteiger partial charge in [-0.1, -0.05) is 251 Å². The number of hydrogen-bond donors (Lipinski definition) is 3. The number of hydrogen-bond acceptors (Lipinski definition) is 15. The predicted molar refractivity (Wildman–Crippen MR) is 399 cm³/mol. The van der Waals surface area contributed by atoms with Crippen LogP contribution in [0.15, 0.2) is 146 Å². The lowest BCUT2D eigenvalue weighted by atomic mass is 10.1. The minimum atomic E-state index is -5.00. The summed E-state index contributed by atoms with van der Waals surface area (Å²) < 4.78 is 68.2. The number of rotatable bonds is 68. The SMILES string of the molecule is CC/C=C\C/C=C\C/C=C\C/C=C\C/C=C\CCCCCC(=O)OCC(COP(=O)(O)OCC(O)COP(=O)(O)OCC(COC(=O)C/C=C\C/C=C\C/C=C\C/C=C\C/C=C\CC)OC(=O)CCCCCCC/C=C\CCCCCC)OC(=O)CCCCCCC/C=C\CCCC. The molecule has 3 N–H and O–H groups in total. The van der Waals surface area contributed by atoms with Gasteiger partial charge in [0.15, 0.2) is 12.2 Å². The zero-order valence-electron chi connectivity index (χ0n) is 60.7. The Morgan fingerprint density at radius 3 is 0.959 bits per heavy atom. The summed E-state index contributed by atoms with van der Waals surface area (Å²) in [5.41, 5.74) is 0. The summed E-state index contributed by atoms with van der Waals surface area (Å²) in [4.78, 5) is 72.6. The van der Waals surface area contributed by atoms with Crippen LogP contribution < -0.4 is 0 Å². The van der Waals surface area contributed by atoms with Crippen molar-refractivity contribution in [1.82, 2.24) is 0 Å². The van der Waals surface area contributed by atoms with Crippen LogP contribution in [0.4, 0.5) is 0 Å². The van der Waals surface area contributed by atoms with Crippen molar-refractivity contribution in [3.8, 4) is 0 Å². The van der Waals surface area contributed by atoms with Crippen molar-refractivity contribution in [2.24, 2.45) is 0 Å². The maximum atomic E-state index is 13.0. The predicted octanol–water partition coefficient (Wildman–Crippen LogP) is 21.1. The van der Waals surface area contributed by atoms with E-state index in [-0.39, 0.29) is 25.7 Å². The quantitative estimate of drug-likeness (QED) is 0.0169. The molecule has 5 unspecified atom stereocenters. The molecule has 0 aromatic rings. The van der Waals surface area contributed by atoms with Crippen molar-refractivity contribution < 1.29 is 80.2 Å². The number of carbonyl (C=O) groups excluding carboxylic acids is 4. The van der Waals surface area contributed by atoms with Crippen molar-refractivity contribution >= 4 is 39.5 Å². The highest BCUT2D eigenvalue weighted by Crippen LogP contribution is 2.45. The summed E-state index contributed by atoms with van der Waals surface area (Å²) in [5, 5.41) is 10.6. The maximum absolute atomic E-state index is 13.0. The zero-order valence-corrected chi connectivity index (χ0v) is 62.4. The summed E-state index contributed by atoms with van der Waals surface area (Å²) in [6.07, 6.45) is 78.9. The van der Waals surface area contributed by atoms with Crippen LogP contribution in [0.5, 0.6) is 0 Å². The molecule has 0 rings (SSSR count). The Bertz CT molecular complexity index is 2430. The summed E-state index contributed by atoms with van der Waals surface area (Å²) in [6, 6.07) is 0. The molecule has 0 spiro atoms. The molecular formula is C79H130O17P2. The Hall–Kier alpha value is -5.06. The molecule has 0 aromatic carbocycles. The molecular weight excluding hydrogens is 1280 g/mol. The van der Waals surface area contributed by atoms with E-state index in [1.807, 2.05) is 18.2 Å². The lowest BCUT2D eigenvalue weighted by Gasteiger charge is -2.21. The molecule has 0 aliphatic carbocycles. The van der Waals surface area contributed by atoms with Crippen LogP contribution >= 0.6 is 15.6 Å². The third-order valence-corrected chi connectivity index (χ3v) is 16.7. The second-order valence-electron chi connectivity index (χ2n) is 24.1. The van der Waals surface area contributed by atoms with Crippen molar-refractivity contribution in [3.63, 3.8) is 0 Å². The van der Waals surface area contributed by atoms with Crippen molar-refractivity contribution in [2.45, 2.75) is 290 Å². The Morgan fingerprint density at radius 2 is 0.582 bits per heavy atom. The number of unbranched alkanes of at least 4 members (excludes halogenated alkanes) is 19. The molecule has 98 heavy (non-hydrogen) atoms. The Labute approximate surface area is 592 Å². The number of ether oxygens (including phenoxy) is 4. The van der Waals surface area contributed by atoms with Gasteiger partial charge in [0.05, 0.1) is 32.8 Å². The minimum absolute atomic E-state index is 0.0612. The van der Waals surface area contributed by atoms with Crippen LogP contribution in [0.3, 0.4) is 0 Å². The second-order valence-corrected chi connectivity index (χ2v) is 27.0. The fourth-order valence-corrected chi connectivity index (χ4v) is 10.8. The topological polar surface area (TPSA) is 237 Å². The molecule has 0 heterocycles. The number of phosphoric acid groups is 2.